The van der Waals surface area contributed by atoms with Gasteiger partial charge in [0.2, 0.25) is 0 Å². The molecule has 0 saturated heterocycles. The number of hydrogen-bond donors (Lipinski definition) is 3. The number of anilines is 1. The molecule has 3 N–H and O–H groups in total. The van der Waals surface area contributed by atoms with Crippen LogP contribution in [0.25, 0.3) is 0 Å². The van der Waals surface area contributed by atoms with Crippen LogP contribution >= 0.6 is 15.9 Å². The lowest BCUT2D eigenvalue weighted by Gasteiger charge is -2.13. The first-order valence-electron chi connectivity index (χ1n) is 12.0. The van der Waals surface area contributed by atoms with Crippen molar-refractivity contribution in [3.8, 4) is 17.2 Å². The summed E-state index contributed by atoms with van der Waals surface area (Å²) in [5, 5.41) is 9.18. The van der Waals surface area contributed by atoms with Crippen LogP contribution in [0.1, 0.15) is 23.6 Å². The Morgan fingerprint density at radius 1 is 0.949 bits per heavy atom. The molecule has 0 aromatic heterocycles. The lowest BCUT2D eigenvalue weighted by molar-refractivity contribution is -0.139. The minimum Gasteiger partial charge on any atom is -0.497 e. The zero-order valence-corrected chi connectivity index (χ0v) is 23.3. The molecule has 3 rings (SSSR count). The third kappa shape index (κ3) is 9.15. The van der Waals surface area contributed by atoms with E-state index in [1.54, 1.807) is 55.6 Å². The molecule has 0 aliphatic rings. The maximum atomic E-state index is 12.4. The number of nitrogens with zero attached hydrogens (tertiary/aromatic N) is 1. The quantitative estimate of drug-likeness (QED) is 0.175. The SMILES string of the molecule is CCOc1cc(/C=N\NC(=O)C(=O)NCc2ccc(OC)cc2)ccc1OCC(=O)Nc1ccc(Br)cc1C. The third-order valence-electron chi connectivity index (χ3n) is 5.29. The van der Waals surface area contributed by atoms with Crippen LogP contribution in [-0.2, 0) is 20.9 Å². The molecule has 0 atom stereocenters. The molecule has 0 unspecified atom stereocenters. The molecule has 39 heavy (non-hydrogen) atoms. The first-order valence-corrected chi connectivity index (χ1v) is 12.8. The van der Waals surface area contributed by atoms with E-state index in [-0.39, 0.29) is 19.1 Å². The van der Waals surface area contributed by atoms with Crippen molar-refractivity contribution in [1.82, 2.24) is 10.7 Å². The highest BCUT2D eigenvalue weighted by molar-refractivity contribution is 9.10. The normalized spacial score (nSPS) is 10.6. The summed E-state index contributed by atoms with van der Waals surface area (Å²) in [6, 6.07) is 17.6. The van der Waals surface area contributed by atoms with Crippen molar-refractivity contribution in [1.29, 1.82) is 0 Å². The molecule has 0 bridgehead atoms. The number of nitrogens with one attached hydrogen (secondary N) is 3. The average Bonchev–Trinajstić information content (AvgIpc) is 2.93. The summed E-state index contributed by atoms with van der Waals surface area (Å²) in [4.78, 5) is 36.5. The van der Waals surface area contributed by atoms with Gasteiger partial charge in [-0.3, -0.25) is 14.4 Å². The first-order chi connectivity index (χ1) is 18.8. The maximum absolute atomic E-state index is 12.4. The second-order valence-electron chi connectivity index (χ2n) is 8.17. The van der Waals surface area contributed by atoms with Crippen molar-refractivity contribution < 1.29 is 28.6 Å². The molecule has 0 radical (unpaired) electrons. The first kappa shape index (κ1) is 29.2. The van der Waals surface area contributed by atoms with Gasteiger partial charge in [0, 0.05) is 16.7 Å². The number of carbonyl (C=O) groups is 3. The third-order valence-corrected chi connectivity index (χ3v) is 5.78. The van der Waals surface area contributed by atoms with Crippen LogP contribution in [-0.4, -0.2) is 44.3 Å². The minimum atomic E-state index is -0.906. The molecule has 0 aliphatic carbocycles. The van der Waals surface area contributed by atoms with Gasteiger partial charge in [0.25, 0.3) is 5.91 Å². The van der Waals surface area contributed by atoms with E-state index in [1.807, 2.05) is 26.0 Å². The van der Waals surface area contributed by atoms with Crippen molar-refractivity contribution in [3.63, 3.8) is 0 Å². The van der Waals surface area contributed by atoms with Crippen molar-refractivity contribution in [2.45, 2.75) is 20.4 Å². The van der Waals surface area contributed by atoms with Gasteiger partial charge < -0.3 is 24.8 Å². The monoisotopic (exact) mass is 596 g/mol. The molecule has 3 aromatic carbocycles. The largest absolute Gasteiger partial charge is 0.497 e. The van der Waals surface area contributed by atoms with Crippen molar-refractivity contribution in [2.24, 2.45) is 5.10 Å². The summed E-state index contributed by atoms with van der Waals surface area (Å²) in [5.41, 5.74) is 5.20. The Labute approximate surface area is 234 Å². The van der Waals surface area contributed by atoms with Crippen LogP contribution in [0, 0.1) is 6.92 Å². The summed E-state index contributed by atoms with van der Waals surface area (Å²) >= 11 is 3.40. The van der Waals surface area contributed by atoms with E-state index in [0.29, 0.717) is 35.1 Å². The van der Waals surface area contributed by atoms with Gasteiger partial charge in [-0.25, -0.2) is 5.43 Å². The zero-order chi connectivity index (χ0) is 28.2. The Hall–Kier alpha value is -4.38. The molecule has 0 fully saturated rings. The smallest absolute Gasteiger partial charge is 0.329 e. The van der Waals surface area contributed by atoms with Crippen LogP contribution in [0.5, 0.6) is 17.2 Å². The Kier molecular flexibility index (Phi) is 10.9. The van der Waals surface area contributed by atoms with Gasteiger partial charge in [-0.05, 0) is 79.1 Å². The van der Waals surface area contributed by atoms with Crippen LogP contribution < -0.4 is 30.3 Å². The van der Waals surface area contributed by atoms with E-state index in [4.69, 9.17) is 14.2 Å². The van der Waals surface area contributed by atoms with Gasteiger partial charge in [0.05, 0.1) is 19.9 Å². The molecule has 0 aliphatic heterocycles. The van der Waals surface area contributed by atoms with E-state index >= 15 is 0 Å². The fourth-order valence-electron chi connectivity index (χ4n) is 3.31. The van der Waals surface area contributed by atoms with Crippen LogP contribution in [0.2, 0.25) is 0 Å². The Balaban J connectivity index is 1.52. The predicted octanol–water partition coefficient (Wildman–Crippen LogP) is 3.95. The average molecular weight is 597 g/mol. The summed E-state index contributed by atoms with van der Waals surface area (Å²) < 4.78 is 17.3. The molecule has 0 heterocycles. The lowest BCUT2D eigenvalue weighted by atomic mass is 10.2. The topological polar surface area (TPSA) is 127 Å². The van der Waals surface area contributed by atoms with Gasteiger partial charge in [0.1, 0.15) is 5.75 Å². The molecule has 204 valence electrons. The van der Waals surface area contributed by atoms with Gasteiger partial charge >= 0.3 is 11.8 Å². The highest BCUT2D eigenvalue weighted by atomic mass is 79.9. The fraction of sp³-hybridized carbons (Fsp3) is 0.214. The van der Waals surface area contributed by atoms with Gasteiger partial charge in [-0.15, -0.1) is 0 Å². The number of benzene rings is 3. The van der Waals surface area contributed by atoms with Gasteiger partial charge in [-0.2, -0.15) is 5.10 Å². The van der Waals surface area contributed by atoms with Crippen LogP contribution in [0.3, 0.4) is 0 Å². The Bertz CT molecular complexity index is 1340. The molecule has 3 amide bonds. The lowest BCUT2D eigenvalue weighted by Crippen LogP contribution is -2.37. The number of carbonyl (C=O) groups excluding carboxylic acids is 3. The number of methoxy groups -OCH3 is 1. The Morgan fingerprint density at radius 2 is 1.72 bits per heavy atom. The van der Waals surface area contributed by atoms with E-state index in [9.17, 15) is 14.4 Å². The molecular formula is C28H29BrN4O6. The summed E-state index contributed by atoms with van der Waals surface area (Å²) in [5.74, 6) is -0.575. The zero-order valence-electron chi connectivity index (χ0n) is 21.7. The minimum absolute atomic E-state index is 0.180. The molecule has 11 heteroatoms. The molecule has 0 spiro atoms. The number of amides is 3. The van der Waals surface area contributed by atoms with E-state index in [0.717, 1.165) is 15.6 Å². The molecular weight excluding hydrogens is 568 g/mol. The summed E-state index contributed by atoms with van der Waals surface area (Å²) in [7, 11) is 1.57. The van der Waals surface area contributed by atoms with Crippen molar-refractivity contribution >= 4 is 45.6 Å². The van der Waals surface area contributed by atoms with Crippen LogP contribution in [0.4, 0.5) is 5.69 Å². The molecule has 3 aromatic rings. The van der Waals surface area contributed by atoms with Crippen molar-refractivity contribution in [2.75, 3.05) is 25.6 Å². The van der Waals surface area contributed by atoms with Gasteiger partial charge in [0.15, 0.2) is 18.1 Å². The predicted molar refractivity (Wildman–Crippen MR) is 151 cm³/mol. The number of hydrogen-bond acceptors (Lipinski definition) is 7. The number of ether oxygens (including phenoxy) is 3. The van der Waals surface area contributed by atoms with E-state index < -0.39 is 11.8 Å². The summed E-state index contributed by atoms with van der Waals surface area (Å²) in [6.45, 7) is 4.04. The Morgan fingerprint density at radius 3 is 2.41 bits per heavy atom. The number of rotatable bonds is 11. The molecule has 0 saturated carbocycles. The fourth-order valence-corrected chi connectivity index (χ4v) is 3.79. The second-order valence-corrected chi connectivity index (χ2v) is 9.08. The van der Waals surface area contributed by atoms with Crippen molar-refractivity contribution in [3.05, 3.63) is 81.8 Å². The molecule has 10 nitrogen and oxygen atoms in total. The highest BCUT2D eigenvalue weighted by Gasteiger charge is 2.13. The van der Waals surface area contributed by atoms with E-state index in [2.05, 4.69) is 37.1 Å². The van der Waals surface area contributed by atoms with E-state index in [1.165, 1.54) is 6.21 Å². The maximum Gasteiger partial charge on any atom is 0.329 e. The van der Waals surface area contributed by atoms with Crippen LogP contribution in [0.15, 0.2) is 70.2 Å². The second kappa shape index (κ2) is 14.5. The number of hydrazone groups is 1. The number of halogens is 1. The summed E-state index contributed by atoms with van der Waals surface area (Å²) in [6.07, 6.45) is 1.37. The number of aryl methyl sites for hydroxylation is 1. The highest BCUT2D eigenvalue weighted by Crippen LogP contribution is 2.28. The van der Waals surface area contributed by atoms with Gasteiger partial charge in [-0.1, -0.05) is 28.1 Å². The standard InChI is InChI=1S/C28H29BrN4O6/c1-4-38-25-14-20(7-12-24(25)39-17-26(34)32-23-11-8-21(29)13-18(23)2)16-31-33-28(36)27(35)30-15-19-5-9-22(37-3)10-6-19/h5-14,16H,4,15,17H2,1-3H3,(H,30,35)(H,32,34)(H,33,36)/b31-16-.